The molecule has 0 unspecified atom stereocenters. The van der Waals surface area contributed by atoms with Gasteiger partial charge >= 0.3 is 0 Å². The average molecular weight is 254 g/mol. The largest absolute Gasteiger partial charge is 0.396 e. The fourth-order valence-corrected chi connectivity index (χ4v) is 2.00. The molecule has 92 valence electrons. The molecule has 0 aromatic heterocycles. The van der Waals surface area contributed by atoms with Gasteiger partial charge in [0.2, 0.25) is 0 Å². The molecule has 0 saturated carbocycles. The Morgan fingerprint density at radius 3 is 2.76 bits per heavy atom. The highest BCUT2D eigenvalue weighted by molar-refractivity contribution is 7.98. The van der Waals surface area contributed by atoms with Gasteiger partial charge in [0.15, 0.2) is 0 Å². The maximum Gasteiger partial charge on any atom is 0.124 e. The van der Waals surface area contributed by atoms with Gasteiger partial charge in [-0.1, -0.05) is 17.9 Å². The second kappa shape index (κ2) is 8.13. The van der Waals surface area contributed by atoms with Crippen LogP contribution in [0.1, 0.15) is 17.5 Å². The Morgan fingerprint density at radius 2 is 2.06 bits per heavy atom. The highest BCUT2D eigenvalue weighted by atomic mass is 32.2. The van der Waals surface area contributed by atoms with E-state index in [1.807, 2.05) is 0 Å². The Morgan fingerprint density at radius 1 is 1.24 bits per heavy atom. The Hall–Kier alpha value is -1.02. The van der Waals surface area contributed by atoms with Crippen molar-refractivity contribution in [2.45, 2.75) is 12.2 Å². The summed E-state index contributed by atoms with van der Waals surface area (Å²) in [4.78, 5) is 0. The Balaban J connectivity index is 2.77. The monoisotopic (exact) mass is 254 g/mol. The Kier molecular flexibility index (Phi) is 6.71. The van der Waals surface area contributed by atoms with Crippen LogP contribution in [0.15, 0.2) is 18.2 Å². The van der Waals surface area contributed by atoms with Crippen LogP contribution >= 0.6 is 11.8 Å². The molecule has 0 bridgehead atoms. The van der Waals surface area contributed by atoms with Gasteiger partial charge in [0.05, 0.1) is 13.2 Å². The van der Waals surface area contributed by atoms with Gasteiger partial charge in [0.25, 0.3) is 0 Å². The second-order valence-electron chi connectivity index (χ2n) is 3.35. The summed E-state index contributed by atoms with van der Waals surface area (Å²) in [5.41, 5.74) is 1.61. The minimum atomic E-state index is -0.311. The summed E-state index contributed by atoms with van der Waals surface area (Å²) in [6.07, 6.45) is 0.389. The molecule has 1 aromatic rings. The fraction of sp³-hybridized carbons (Fsp3) is 0.385. The number of hydrogen-bond donors (Lipinski definition) is 2. The van der Waals surface area contributed by atoms with E-state index in [4.69, 9.17) is 10.2 Å². The first-order chi connectivity index (χ1) is 8.27. The van der Waals surface area contributed by atoms with E-state index >= 15 is 0 Å². The van der Waals surface area contributed by atoms with Crippen molar-refractivity contribution >= 4 is 11.8 Å². The van der Waals surface area contributed by atoms with E-state index in [2.05, 4.69) is 11.8 Å². The third-order valence-electron chi connectivity index (χ3n) is 2.02. The van der Waals surface area contributed by atoms with Gasteiger partial charge in [-0.05, 0) is 17.7 Å². The zero-order chi connectivity index (χ0) is 12.5. The minimum Gasteiger partial charge on any atom is -0.396 e. The van der Waals surface area contributed by atoms with Crippen molar-refractivity contribution in [2.24, 2.45) is 0 Å². The highest BCUT2D eigenvalue weighted by Crippen LogP contribution is 2.17. The van der Waals surface area contributed by atoms with Gasteiger partial charge < -0.3 is 10.2 Å². The number of hydrogen-bond acceptors (Lipinski definition) is 3. The van der Waals surface area contributed by atoms with Crippen LogP contribution in [-0.2, 0) is 5.75 Å². The third-order valence-corrected chi connectivity index (χ3v) is 3.01. The van der Waals surface area contributed by atoms with Crippen molar-refractivity contribution in [1.29, 1.82) is 0 Å². The van der Waals surface area contributed by atoms with Crippen molar-refractivity contribution in [1.82, 2.24) is 0 Å². The maximum absolute atomic E-state index is 13.1. The highest BCUT2D eigenvalue weighted by Gasteiger charge is 2.02. The summed E-state index contributed by atoms with van der Waals surface area (Å²) < 4.78 is 13.1. The molecule has 0 aliphatic carbocycles. The van der Waals surface area contributed by atoms with Crippen LogP contribution in [0, 0.1) is 17.7 Å². The first-order valence-corrected chi connectivity index (χ1v) is 6.50. The van der Waals surface area contributed by atoms with Gasteiger partial charge in [0, 0.05) is 23.5 Å². The summed E-state index contributed by atoms with van der Waals surface area (Å²) in [5.74, 6) is 6.68. The Bertz CT molecular complexity index is 410. The van der Waals surface area contributed by atoms with Crippen molar-refractivity contribution in [3.05, 3.63) is 35.1 Å². The molecule has 0 aliphatic rings. The van der Waals surface area contributed by atoms with E-state index in [-0.39, 0.29) is 19.0 Å². The SMILES string of the molecule is OCCC#Cc1cc(F)ccc1CSCCO. The molecule has 4 heteroatoms. The molecule has 0 atom stereocenters. The molecule has 1 rings (SSSR count). The van der Waals surface area contributed by atoms with Gasteiger partial charge in [0.1, 0.15) is 5.82 Å². The second-order valence-corrected chi connectivity index (χ2v) is 4.46. The van der Waals surface area contributed by atoms with Crippen molar-refractivity contribution in [3.8, 4) is 11.8 Å². The van der Waals surface area contributed by atoms with E-state index in [1.165, 1.54) is 12.1 Å². The zero-order valence-corrected chi connectivity index (χ0v) is 10.3. The third kappa shape index (κ3) is 5.22. The molecule has 2 N–H and O–H groups in total. The van der Waals surface area contributed by atoms with Gasteiger partial charge in [-0.3, -0.25) is 0 Å². The number of aliphatic hydroxyl groups excluding tert-OH is 2. The quantitative estimate of drug-likeness (QED) is 0.621. The van der Waals surface area contributed by atoms with Gasteiger partial charge in [-0.2, -0.15) is 11.8 Å². The lowest BCUT2D eigenvalue weighted by atomic mass is 10.1. The van der Waals surface area contributed by atoms with E-state index in [1.54, 1.807) is 17.8 Å². The van der Waals surface area contributed by atoms with Crippen molar-refractivity contribution in [2.75, 3.05) is 19.0 Å². The molecule has 0 saturated heterocycles. The molecule has 17 heavy (non-hydrogen) atoms. The topological polar surface area (TPSA) is 40.5 Å². The summed E-state index contributed by atoms with van der Waals surface area (Å²) >= 11 is 1.58. The van der Waals surface area contributed by atoms with Crippen LogP contribution in [-0.4, -0.2) is 29.2 Å². The lowest BCUT2D eigenvalue weighted by molar-refractivity contribution is 0.305. The molecule has 0 aliphatic heterocycles. The molecule has 0 fully saturated rings. The molecule has 0 radical (unpaired) electrons. The van der Waals surface area contributed by atoms with E-state index in [9.17, 15) is 4.39 Å². The number of halogens is 1. The van der Waals surface area contributed by atoms with Crippen LogP contribution in [0.4, 0.5) is 4.39 Å². The van der Waals surface area contributed by atoms with Gasteiger partial charge in [-0.15, -0.1) is 0 Å². The van der Waals surface area contributed by atoms with Crippen molar-refractivity contribution < 1.29 is 14.6 Å². The first kappa shape index (κ1) is 14.0. The van der Waals surface area contributed by atoms with E-state index in [0.29, 0.717) is 23.5 Å². The average Bonchev–Trinajstić information content (AvgIpc) is 2.32. The number of rotatable bonds is 5. The van der Waals surface area contributed by atoms with E-state index in [0.717, 1.165) is 5.56 Å². The molecular formula is C13H15FO2S. The minimum absolute atomic E-state index is 0.0108. The zero-order valence-electron chi connectivity index (χ0n) is 9.45. The molecule has 0 spiro atoms. The first-order valence-electron chi connectivity index (χ1n) is 5.34. The van der Waals surface area contributed by atoms with Crippen LogP contribution < -0.4 is 0 Å². The standard InChI is InChI=1S/C13H15FO2S/c14-13-5-4-12(10-17-8-7-16)11(9-13)3-1-2-6-15/h4-5,9,15-16H,2,6-8,10H2. The smallest absolute Gasteiger partial charge is 0.124 e. The summed E-state index contributed by atoms with van der Waals surface area (Å²) in [7, 11) is 0. The number of aliphatic hydroxyl groups is 2. The van der Waals surface area contributed by atoms with Gasteiger partial charge in [-0.25, -0.2) is 4.39 Å². The maximum atomic E-state index is 13.1. The summed E-state index contributed by atoms with van der Waals surface area (Å²) in [6, 6.07) is 4.52. The van der Waals surface area contributed by atoms with Crippen LogP contribution in [0.25, 0.3) is 0 Å². The van der Waals surface area contributed by atoms with Crippen LogP contribution in [0.3, 0.4) is 0 Å². The lowest BCUT2D eigenvalue weighted by Gasteiger charge is -2.04. The Labute approximate surface area is 105 Å². The molecule has 1 aromatic carbocycles. The number of thioether (sulfide) groups is 1. The predicted octanol–water partition coefficient (Wildman–Crippen LogP) is 1.79. The normalized spacial score (nSPS) is 9.82. The lowest BCUT2D eigenvalue weighted by Crippen LogP contribution is -1.92. The van der Waals surface area contributed by atoms with Crippen LogP contribution in [0.2, 0.25) is 0 Å². The number of benzene rings is 1. The molecule has 0 amide bonds. The fourth-order valence-electron chi connectivity index (χ4n) is 1.25. The predicted molar refractivity (Wildman–Crippen MR) is 68.2 cm³/mol. The van der Waals surface area contributed by atoms with Crippen LogP contribution in [0.5, 0.6) is 0 Å². The summed E-state index contributed by atoms with van der Waals surface area (Å²) in [6.45, 7) is 0.147. The molecular weight excluding hydrogens is 239 g/mol. The molecule has 0 heterocycles. The van der Waals surface area contributed by atoms with E-state index < -0.39 is 0 Å². The van der Waals surface area contributed by atoms with Crippen molar-refractivity contribution in [3.63, 3.8) is 0 Å². The molecule has 2 nitrogen and oxygen atoms in total. The summed E-state index contributed by atoms with van der Waals surface area (Å²) in [5, 5.41) is 17.3.